The topological polar surface area (TPSA) is 56.0 Å². The van der Waals surface area contributed by atoms with E-state index in [-0.39, 0.29) is 0 Å². The fourth-order valence-corrected chi connectivity index (χ4v) is 1.26. The maximum Gasteiger partial charge on any atom is 0.150 e. The highest BCUT2D eigenvalue weighted by Crippen LogP contribution is 2.18. The van der Waals surface area contributed by atoms with Gasteiger partial charge < -0.3 is 5.73 Å². The van der Waals surface area contributed by atoms with E-state index >= 15 is 0 Å². The van der Waals surface area contributed by atoms with Gasteiger partial charge in [0.15, 0.2) is 0 Å². The number of aromatic nitrogens is 1. The normalized spacial score (nSPS) is 10.2. The first kappa shape index (κ1) is 7.73. The van der Waals surface area contributed by atoms with Gasteiger partial charge in [-0.2, -0.15) is 0 Å². The molecule has 3 nitrogen and oxygen atoms in total. The molecule has 0 amide bonds. The van der Waals surface area contributed by atoms with E-state index in [4.69, 9.17) is 5.73 Å². The Bertz CT molecular complexity index is 465. The third-order valence-corrected chi connectivity index (χ3v) is 1.94. The molecule has 13 heavy (non-hydrogen) atoms. The highest BCUT2D eigenvalue weighted by atomic mass is 16.1. The van der Waals surface area contributed by atoms with Crippen LogP contribution in [0.15, 0.2) is 30.5 Å². The van der Waals surface area contributed by atoms with Crippen LogP contribution in [0.1, 0.15) is 10.4 Å². The largest absolute Gasteiger partial charge is 0.398 e. The molecular weight excluding hydrogens is 164 g/mol. The molecule has 1 heterocycles. The Morgan fingerprint density at radius 1 is 1.31 bits per heavy atom. The first-order valence-electron chi connectivity index (χ1n) is 3.90. The molecule has 0 aliphatic carbocycles. The number of nitrogens with zero attached hydrogens (tertiary/aromatic N) is 1. The van der Waals surface area contributed by atoms with Crippen molar-refractivity contribution in [1.29, 1.82) is 0 Å². The molecule has 0 bridgehead atoms. The van der Waals surface area contributed by atoms with E-state index in [1.807, 2.05) is 0 Å². The zero-order valence-electron chi connectivity index (χ0n) is 6.90. The van der Waals surface area contributed by atoms with Crippen molar-refractivity contribution in [2.45, 2.75) is 0 Å². The van der Waals surface area contributed by atoms with Crippen LogP contribution in [-0.4, -0.2) is 11.3 Å². The van der Waals surface area contributed by atoms with Crippen molar-refractivity contribution in [3.8, 4) is 0 Å². The number of rotatable bonds is 1. The molecule has 0 saturated heterocycles. The van der Waals surface area contributed by atoms with Gasteiger partial charge in [-0.1, -0.05) is 0 Å². The quantitative estimate of drug-likeness (QED) is 0.665. The average molecular weight is 172 g/mol. The van der Waals surface area contributed by atoms with Gasteiger partial charge in [0.05, 0.1) is 5.52 Å². The summed E-state index contributed by atoms with van der Waals surface area (Å²) in [5.41, 5.74) is 7.80. The Balaban J connectivity index is 2.81. The molecule has 3 heteroatoms. The van der Waals surface area contributed by atoms with Crippen molar-refractivity contribution in [1.82, 2.24) is 4.98 Å². The maximum absolute atomic E-state index is 10.5. The summed E-state index contributed by atoms with van der Waals surface area (Å²) in [5.74, 6) is 0. The molecule has 1 aromatic carbocycles. The third-order valence-electron chi connectivity index (χ3n) is 1.94. The number of nitrogens with two attached hydrogens (primary N) is 1. The van der Waals surface area contributed by atoms with Crippen LogP contribution in [0.2, 0.25) is 0 Å². The van der Waals surface area contributed by atoms with E-state index in [2.05, 4.69) is 4.98 Å². The van der Waals surface area contributed by atoms with Gasteiger partial charge >= 0.3 is 0 Å². The number of anilines is 1. The molecule has 0 unspecified atom stereocenters. The van der Waals surface area contributed by atoms with Crippen LogP contribution in [0.5, 0.6) is 0 Å². The molecule has 0 atom stereocenters. The number of carbonyl (C=O) groups excluding carboxylic acids is 1. The number of aldehydes is 1. The van der Waals surface area contributed by atoms with E-state index in [1.165, 1.54) is 0 Å². The van der Waals surface area contributed by atoms with Gasteiger partial charge in [0.2, 0.25) is 0 Å². The molecule has 2 rings (SSSR count). The molecule has 2 aromatic rings. The number of hydrogen-bond donors (Lipinski definition) is 1. The van der Waals surface area contributed by atoms with Gasteiger partial charge in [-0.15, -0.1) is 0 Å². The van der Waals surface area contributed by atoms with Crippen LogP contribution in [-0.2, 0) is 0 Å². The second-order valence-electron chi connectivity index (χ2n) is 2.79. The standard InChI is InChI=1S/C10H8N2O/c11-9-3-4-12-10-2-1-7(6-13)5-8(9)10/h1-6H,(H2,11,12). The lowest BCUT2D eigenvalue weighted by molar-refractivity contribution is 0.112. The van der Waals surface area contributed by atoms with Gasteiger partial charge in [0.1, 0.15) is 6.29 Å². The van der Waals surface area contributed by atoms with Crippen molar-refractivity contribution in [3.63, 3.8) is 0 Å². The lowest BCUT2D eigenvalue weighted by Crippen LogP contribution is -1.89. The monoisotopic (exact) mass is 172 g/mol. The Hall–Kier alpha value is -1.90. The molecule has 0 fully saturated rings. The van der Waals surface area contributed by atoms with Crippen LogP contribution in [0.25, 0.3) is 10.9 Å². The fraction of sp³-hybridized carbons (Fsp3) is 0. The fourth-order valence-electron chi connectivity index (χ4n) is 1.26. The van der Waals surface area contributed by atoms with Crippen LogP contribution in [0, 0.1) is 0 Å². The highest BCUT2D eigenvalue weighted by Gasteiger charge is 1.99. The zero-order valence-corrected chi connectivity index (χ0v) is 6.90. The summed E-state index contributed by atoms with van der Waals surface area (Å²) in [6, 6.07) is 6.97. The van der Waals surface area contributed by atoms with Gasteiger partial charge in [0, 0.05) is 22.8 Å². The predicted octanol–water partition coefficient (Wildman–Crippen LogP) is 1.63. The van der Waals surface area contributed by atoms with Gasteiger partial charge in [0.25, 0.3) is 0 Å². The number of hydrogen-bond acceptors (Lipinski definition) is 3. The molecule has 0 aliphatic heterocycles. The molecule has 0 radical (unpaired) electrons. The number of fused-ring (bicyclic) bond motifs is 1. The lowest BCUT2D eigenvalue weighted by Gasteiger charge is -2.00. The minimum absolute atomic E-state index is 0.618. The second-order valence-corrected chi connectivity index (χ2v) is 2.79. The van der Waals surface area contributed by atoms with E-state index in [1.54, 1.807) is 30.5 Å². The predicted molar refractivity (Wildman–Crippen MR) is 51.5 cm³/mol. The minimum Gasteiger partial charge on any atom is -0.398 e. The Morgan fingerprint density at radius 2 is 2.15 bits per heavy atom. The van der Waals surface area contributed by atoms with E-state index in [0.717, 1.165) is 17.2 Å². The first-order valence-corrected chi connectivity index (χ1v) is 3.90. The van der Waals surface area contributed by atoms with Crippen molar-refractivity contribution in [3.05, 3.63) is 36.0 Å². The third kappa shape index (κ3) is 1.24. The Labute approximate surface area is 75.2 Å². The number of carbonyl (C=O) groups is 1. The van der Waals surface area contributed by atoms with Crippen molar-refractivity contribution in [2.75, 3.05) is 5.73 Å². The summed E-state index contributed by atoms with van der Waals surface area (Å²) >= 11 is 0. The summed E-state index contributed by atoms with van der Waals surface area (Å²) in [7, 11) is 0. The van der Waals surface area contributed by atoms with Crippen molar-refractivity contribution >= 4 is 22.9 Å². The number of pyridine rings is 1. The first-order chi connectivity index (χ1) is 6.31. The molecule has 2 N–H and O–H groups in total. The Kier molecular flexibility index (Phi) is 1.70. The lowest BCUT2D eigenvalue weighted by atomic mass is 10.1. The van der Waals surface area contributed by atoms with E-state index < -0.39 is 0 Å². The summed E-state index contributed by atoms with van der Waals surface area (Å²) in [5, 5.41) is 0.826. The van der Waals surface area contributed by atoms with Crippen molar-refractivity contribution < 1.29 is 4.79 Å². The molecule has 0 spiro atoms. The molecule has 0 aliphatic rings. The summed E-state index contributed by atoms with van der Waals surface area (Å²) in [4.78, 5) is 14.6. The zero-order chi connectivity index (χ0) is 9.26. The number of benzene rings is 1. The minimum atomic E-state index is 0.618. The maximum atomic E-state index is 10.5. The highest BCUT2D eigenvalue weighted by molar-refractivity contribution is 5.93. The van der Waals surface area contributed by atoms with Crippen LogP contribution < -0.4 is 5.73 Å². The molecule has 64 valence electrons. The van der Waals surface area contributed by atoms with Crippen LogP contribution >= 0.6 is 0 Å². The molecular formula is C10H8N2O. The van der Waals surface area contributed by atoms with E-state index in [9.17, 15) is 4.79 Å². The van der Waals surface area contributed by atoms with Crippen LogP contribution in [0.3, 0.4) is 0 Å². The number of nitrogen functional groups attached to an aromatic ring is 1. The van der Waals surface area contributed by atoms with Crippen LogP contribution in [0.4, 0.5) is 5.69 Å². The average Bonchev–Trinajstić information content (AvgIpc) is 2.18. The van der Waals surface area contributed by atoms with Gasteiger partial charge in [-0.05, 0) is 24.3 Å². The van der Waals surface area contributed by atoms with Gasteiger partial charge in [-0.3, -0.25) is 9.78 Å². The molecule has 1 aromatic heterocycles. The molecule has 0 saturated carbocycles. The summed E-state index contributed by atoms with van der Waals surface area (Å²) in [6.45, 7) is 0. The van der Waals surface area contributed by atoms with E-state index in [0.29, 0.717) is 11.3 Å². The summed E-state index contributed by atoms with van der Waals surface area (Å²) < 4.78 is 0. The summed E-state index contributed by atoms with van der Waals surface area (Å²) in [6.07, 6.45) is 2.45. The second kappa shape index (κ2) is 2.86. The SMILES string of the molecule is Nc1ccnc2ccc(C=O)cc12. The van der Waals surface area contributed by atoms with Crippen molar-refractivity contribution in [2.24, 2.45) is 0 Å². The smallest absolute Gasteiger partial charge is 0.150 e. The van der Waals surface area contributed by atoms with Gasteiger partial charge in [-0.25, -0.2) is 0 Å². The Morgan fingerprint density at radius 3 is 2.92 bits per heavy atom.